The van der Waals surface area contributed by atoms with Crippen LogP contribution in [0.1, 0.15) is 18.9 Å². The van der Waals surface area contributed by atoms with Crippen LogP contribution in [0, 0.1) is 0 Å². The van der Waals surface area contributed by atoms with Crippen molar-refractivity contribution in [3.05, 3.63) is 54.1 Å². The van der Waals surface area contributed by atoms with Crippen molar-refractivity contribution in [2.45, 2.75) is 68.2 Å². The Hall–Kier alpha value is -1.71. The number of rotatable bonds is 9. The molecule has 5 atom stereocenters. The third-order valence-electron chi connectivity index (χ3n) is 5.26. The number of hydrogen-bond acceptors (Lipinski definition) is 6. The molecule has 2 aromatic carbocycles. The second kappa shape index (κ2) is 10.9. The van der Waals surface area contributed by atoms with Crippen molar-refractivity contribution in [3.63, 3.8) is 0 Å². The summed E-state index contributed by atoms with van der Waals surface area (Å²) in [6.07, 6.45) is -0.166. The molecule has 1 heterocycles. The highest BCUT2D eigenvalue weighted by Gasteiger charge is 2.42. The first-order valence-electron chi connectivity index (χ1n) is 10.8. The second-order valence-corrected chi connectivity index (χ2v) is 14.9. The van der Waals surface area contributed by atoms with Gasteiger partial charge < -0.3 is 23.4 Å². The zero-order chi connectivity index (χ0) is 23.3. The van der Waals surface area contributed by atoms with Crippen LogP contribution in [0.2, 0.25) is 19.6 Å². The molecule has 1 saturated heterocycles. The summed E-state index contributed by atoms with van der Waals surface area (Å²) in [4.78, 5) is 0.710. The second-order valence-electron chi connectivity index (χ2n) is 8.87. The number of ether oxygens (including phenoxy) is 4. The minimum absolute atomic E-state index is 0.205. The van der Waals surface area contributed by atoms with Crippen molar-refractivity contribution in [1.29, 1.82) is 0 Å². The molecule has 0 N–H and O–H groups in total. The molecule has 0 spiro atoms. The molecule has 0 amide bonds. The maximum absolute atomic E-state index is 13.3. The summed E-state index contributed by atoms with van der Waals surface area (Å²) in [6.45, 7) is 8.88. The average molecular weight is 479 g/mol. The van der Waals surface area contributed by atoms with E-state index < -0.39 is 24.6 Å². The Bertz CT molecular complexity index is 881. The highest BCUT2D eigenvalue weighted by atomic mass is 32.2. The van der Waals surface area contributed by atoms with Gasteiger partial charge in [0, 0.05) is 11.3 Å². The lowest BCUT2D eigenvalue weighted by Gasteiger charge is -2.42. The normalized spacial score (nSPS) is 24.7. The largest absolute Gasteiger partial charge is 0.497 e. The minimum Gasteiger partial charge on any atom is -0.497 e. The van der Waals surface area contributed by atoms with Crippen LogP contribution < -0.4 is 9.47 Å². The highest BCUT2D eigenvalue weighted by molar-refractivity contribution is 7.85. The van der Waals surface area contributed by atoms with Crippen molar-refractivity contribution >= 4 is 19.1 Å². The van der Waals surface area contributed by atoms with Gasteiger partial charge >= 0.3 is 0 Å². The third kappa shape index (κ3) is 6.65. The molecular formula is C24H34O6SSi. The average Bonchev–Trinajstić information content (AvgIpc) is 2.78. The maximum Gasteiger partial charge on any atom is 0.184 e. The van der Waals surface area contributed by atoms with E-state index in [0.717, 1.165) is 17.1 Å². The van der Waals surface area contributed by atoms with Crippen LogP contribution >= 0.6 is 0 Å². The van der Waals surface area contributed by atoms with Crippen LogP contribution in [-0.2, 0) is 31.3 Å². The predicted molar refractivity (Wildman–Crippen MR) is 128 cm³/mol. The van der Waals surface area contributed by atoms with Crippen molar-refractivity contribution in [1.82, 2.24) is 0 Å². The molecule has 3 rings (SSSR count). The van der Waals surface area contributed by atoms with E-state index in [4.69, 9.17) is 23.4 Å². The molecule has 0 bridgehead atoms. The van der Waals surface area contributed by atoms with E-state index in [9.17, 15) is 4.21 Å². The lowest BCUT2D eigenvalue weighted by atomic mass is 10.0. The molecule has 1 aliphatic rings. The SMILES string of the molecule is COc1ccc(CO[C@H]2C[C@H](S(=O)c3ccc(OC)cc3)O[C@@H](C)[C@H]2O[Si](C)(C)C)cc1. The summed E-state index contributed by atoms with van der Waals surface area (Å²) in [7, 11) is 0.0921. The van der Waals surface area contributed by atoms with E-state index in [0.29, 0.717) is 17.9 Å². The first-order valence-corrected chi connectivity index (χ1v) is 15.4. The molecule has 0 aliphatic carbocycles. The molecule has 32 heavy (non-hydrogen) atoms. The first-order chi connectivity index (χ1) is 15.2. The van der Waals surface area contributed by atoms with E-state index in [-0.39, 0.29) is 18.3 Å². The van der Waals surface area contributed by atoms with Crippen molar-refractivity contribution in [2.75, 3.05) is 14.2 Å². The van der Waals surface area contributed by atoms with Crippen molar-refractivity contribution in [2.24, 2.45) is 0 Å². The minimum atomic E-state index is -1.84. The zero-order valence-electron chi connectivity index (χ0n) is 19.7. The number of methoxy groups -OCH3 is 2. The lowest BCUT2D eigenvalue weighted by Crippen LogP contribution is -2.53. The molecule has 1 aliphatic heterocycles. The van der Waals surface area contributed by atoms with Gasteiger partial charge in [-0.15, -0.1) is 0 Å². The Labute approximate surface area is 194 Å². The fourth-order valence-electron chi connectivity index (χ4n) is 3.67. The highest BCUT2D eigenvalue weighted by Crippen LogP contribution is 2.32. The van der Waals surface area contributed by atoms with Gasteiger partial charge in [0.1, 0.15) is 16.9 Å². The molecule has 1 unspecified atom stereocenters. The third-order valence-corrected chi connectivity index (χ3v) is 7.76. The van der Waals surface area contributed by atoms with Gasteiger partial charge in [0.15, 0.2) is 8.32 Å². The monoisotopic (exact) mass is 478 g/mol. The van der Waals surface area contributed by atoms with Crippen LogP contribution in [0.25, 0.3) is 0 Å². The van der Waals surface area contributed by atoms with Gasteiger partial charge in [-0.25, -0.2) is 0 Å². The molecule has 176 valence electrons. The molecule has 0 aromatic heterocycles. The Kier molecular flexibility index (Phi) is 8.52. The Morgan fingerprint density at radius 1 is 0.969 bits per heavy atom. The van der Waals surface area contributed by atoms with Gasteiger partial charge in [0.2, 0.25) is 0 Å². The molecule has 8 heteroatoms. The summed E-state index contributed by atoms with van der Waals surface area (Å²) >= 11 is 0. The molecule has 6 nitrogen and oxygen atoms in total. The Balaban J connectivity index is 1.75. The molecule has 2 aromatic rings. The van der Waals surface area contributed by atoms with Crippen LogP contribution in [-0.4, -0.2) is 50.5 Å². The summed E-state index contributed by atoms with van der Waals surface area (Å²) in [5.41, 5.74) is 0.574. The predicted octanol–water partition coefficient (Wildman–Crippen LogP) is 4.75. The van der Waals surface area contributed by atoms with E-state index in [1.54, 1.807) is 14.2 Å². The number of hydrogen-bond donors (Lipinski definition) is 0. The standard InChI is InChI=1S/C24H34O6SSi/c1-17-24(30-32(4,5)6)22(28-16-18-7-9-19(26-2)10-8-18)15-23(29-17)31(25)21-13-11-20(27-3)12-14-21/h7-14,17,22-24H,15-16H2,1-6H3/t17-,22-,23-,24+,31?/m0/s1. The van der Waals surface area contributed by atoms with Gasteiger partial charge in [0.25, 0.3) is 0 Å². The van der Waals surface area contributed by atoms with Crippen molar-refractivity contribution in [3.8, 4) is 11.5 Å². The van der Waals surface area contributed by atoms with Crippen LogP contribution in [0.5, 0.6) is 11.5 Å². The van der Waals surface area contributed by atoms with Gasteiger partial charge in [-0.05, 0) is 68.5 Å². The summed E-state index contributed by atoms with van der Waals surface area (Å²) in [5, 5.41) is 0. The van der Waals surface area contributed by atoms with E-state index in [1.165, 1.54) is 0 Å². The molecule has 0 saturated carbocycles. The molecule has 0 radical (unpaired) electrons. The number of benzene rings is 2. The van der Waals surface area contributed by atoms with Gasteiger partial charge in [0.05, 0.1) is 49.9 Å². The van der Waals surface area contributed by atoms with E-state index in [1.807, 2.05) is 55.5 Å². The summed E-state index contributed by atoms with van der Waals surface area (Å²) in [5.74, 6) is 1.54. The van der Waals surface area contributed by atoms with Crippen LogP contribution in [0.3, 0.4) is 0 Å². The molecule has 1 fully saturated rings. The maximum atomic E-state index is 13.3. The first kappa shape index (κ1) is 24.9. The van der Waals surface area contributed by atoms with E-state index >= 15 is 0 Å². The fraction of sp³-hybridized carbons (Fsp3) is 0.500. The van der Waals surface area contributed by atoms with E-state index in [2.05, 4.69) is 19.6 Å². The van der Waals surface area contributed by atoms with Gasteiger partial charge in [-0.2, -0.15) is 0 Å². The smallest absolute Gasteiger partial charge is 0.184 e. The van der Waals surface area contributed by atoms with Gasteiger partial charge in [-0.1, -0.05) is 12.1 Å². The zero-order valence-corrected chi connectivity index (χ0v) is 21.5. The Morgan fingerprint density at radius 2 is 1.53 bits per heavy atom. The van der Waals surface area contributed by atoms with Gasteiger partial charge in [-0.3, -0.25) is 4.21 Å². The summed E-state index contributed by atoms with van der Waals surface area (Å²) < 4.78 is 42.7. The van der Waals surface area contributed by atoms with Crippen molar-refractivity contribution < 1.29 is 27.6 Å². The topological polar surface area (TPSA) is 63.2 Å². The fourth-order valence-corrected chi connectivity index (χ4v) is 6.17. The van der Waals surface area contributed by atoms with Crippen LogP contribution in [0.15, 0.2) is 53.4 Å². The lowest BCUT2D eigenvalue weighted by molar-refractivity contribution is -0.155. The summed E-state index contributed by atoms with van der Waals surface area (Å²) in [6, 6.07) is 15.1. The van der Waals surface area contributed by atoms with Crippen LogP contribution in [0.4, 0.5) is 0 Å². The Morgan fingerprint density at radius 3 is 2.06 bits per heavy atom. The molecular weight excluding hydrogens is 444 g/mol. The quantitative estimate of drug-likeness (QED) is 0.485.